The Labute approximate surface area is 128 Å². The number of thiazole rings is 1. The molecule has 0 radical (unpaired) electrons. The van der Waals surface area contributed by atoms with Crippen molar-refractivity contribution in [1.82, 2.24) is 9.97 Å². The zero-order chi connectivity index (χ0) is 14.3. The van der Waals surface area contributed by atoms with E-state index < -0.39 is 5.91 Å². The molecular weight excluding hydrogens is 314 g/mol. The van der Waals surface area contributed by atoms with Crippen LogP contribution in [0.15, 0.2) is 34.1 Å². The molecule has 3 rings (SSSR count). The van der Waals surface area contributed by atoms with E-state index in [9.17, 15) is 4.79 Å². The maximum atomic E-state index is 11.6. The van der Waals surface area contributed by atoms with E-state index in [0.717, 1.165) is 25.1 Å². The van der Waals surface area contributed by atoms with Gasteiger partial charge in [-0.15, -0.1) is 11.3 Å². The number of fused-ring (bicyclic) bond motifs is 1. The first-order valence-electron chi connectivity index (χ1n) is 5.77. The third-order valence-electron chi connectivity index (χ3n) is 2.68. The van der Waals surface area contributed by atoms with Gasteiger partial charge in [0.25, 0.3) is 5.91 Å². The van der Waals surface area contributed by atoms with E-state index in [1.165, 1.54) is 23.1 Å². The van der Waals surface area contributed by atoms with Gasteiger partial charge in [0.15, 0.2) is 0 Å². The number of benzene rings is 1. The molecule has 0 bridgehead atoms. The van der Waals surface area contributed by atoms with Gasteiger partial charge < -0.3 is 10.7 Å². The van der Waals surface area contributed by atoms with Crippen LogP contribution in [-0.4, -0.2) is 15.9 Å². The molecule has 0 saturated carbocycles. The van der Waals surface area contributed by atoms with Crippen molar-refractivity contribution in [3.63, 3.8) is 0 Å². The lowest BCUT2D eigenvalue weighted by Crippen LogP contribution is -2.12. The Morgan fingerprint density at radius 3 is 3.00 bits per heavy atom. The average Bonchev–Trinajstić information content (AvgIpc) is 2.87. The molecule has 2 aromatic heterocycles. The standard InChI is InChI=1S/C13H10ClN3OS2/c1-6-16-10-11(9(12(15)18)17-13(10)19-6)20-8-4-2-3-7(14)5-8/h2-5,17H,1H3,(H2,15,18). The van der Waals surface area contributed by atoms with Crippen molar-refractivity contribution in [2.75, 3.05) is 0 Å². The lowest BCUT2D eigenvalue weighted by Gasteiger charge is -2.02. The lowest BCUT2D eigenvalue weighted by atomic mass is 10.4. The van der Waals surface area contributed by atoms with Gasteiger partial charge in [0.05, 0.1) is 9.90 Å². The van der Waals surface area contributed by atoms with Crippen molar-refractivity contribution in [3.8, 4) is 0 Å². The van der Waals surface area contributed by atoms with Crippen LogP contribution in [0.4, 0.5) is 0 Å². The summed E-state index contributed by atoms with van der Waals surface area (Å²) in [6.07, 6.45) is 0. The molecule has 3 aromatic rings. The van der Waals surface area contributed by atoms with Gasteiger partial charge >= 0.3 is 0 Å². The van der Waals surface area contributed by atoms with Gasteiger partial charge in [-0.1, -0.05) is 29.4 Å². The normalized spacial score (nSPS) is 11.1. The number of halogens is 1. The largest absolute Gasteiger partial charge is 0.364 e. The fraction of sp³-hybridized carbons (Fsp3) is 0.0769. The molecular formula is C13H10ClN3OS2. The van der Waals surface area contributed by atoms with Gasteiger partial charge in [-0.05, 0) is 25.1 Å². The quantitative estimate of drug-likeness (QED) is 0.769. The van der Waals surface area contributed by atoms with E-state index in [1.807, 2.05) is 25.1 Å². The van der Waals surface area contributed by atoms with Crippen LogP contribution in [0, 0.1) is 6.92 Å². The van der Waals surface area contributed by atoms with E-state index in [1.54, 1.807) is 6.07 Å². The predicted octanol–water partition coefficient (Wildman–Crippen LogP) is 3.84. The van der Waals surface area contributed by atoms with E-state index in [-0.39, 0.29) is 0 Å². The Bertz CT molecular complexity index is 809. The molecule has 0 unspecified atom stereocenters. The lowest BCUT2D eigenvalue weighted by molar-refractivity contribution is 0.0993. The summed E-state index contributed by atoms with van der Waals surface area (Å²) in [5.41, 5.74) is 6.60. The fourth-order valence-electron chi connectivity index (χ4n) is 1.88. The minimum absolute atomic E-state index is 0.392. The van der Waals surface area contributed by atoms with Gasteiger partial charge in [-0.2, -0.15) is 0 Å². The summed E-state index contributed by atoms with van der Waals surface area (Å²) in [5, 5.41) is 1.59. The number of nitrogens with one attached hydrogen (secondary N) is 1. The molecule has 7 heteroatoms. The summed E-state index contributed by atoms with van der Waals surface area (Å²) >= 11 is 8.92. The molecule has 1 aromatic carbocycles. The van der Waals surface area contributed by atoms with Gasteiger partial charge in [0.1, 0.15) is 16.0 Å². The summed E-state index contributed by atoms with van der Waals surface area (Å²) in [6.45, 7) is 1.93. The number of carbonyl (C=O) groups is 1. The van der Waals surface area contributed by atoms with E-state index >= 15 is 0 Å². The van der Waals surface area contributed by atoms with Crippen molar-refractivity contribution in [2.24, 2.45) is 5.73 Å². The number of aromatic nitrogens is 2. The van der Waals surface area contributed by atoms with E-state index in [2.05, 4.69) is 9.97 Å². The molecule has 102 valence electrons. The first-order chi connectivity index (χ1) is 9.54. The van der Waals surface area contributed by atoms with Crippen LogP contribution in [0.5, 0.6) is 0 Å². The Balaban J connectivity index is 2.12. The van der Waals surface area contributed by atoms with E-state index in [4.69, 9.17) is 17.3 Å². The number of aromatic amines is 1. The summed E-state index contributed by atoms with van der Waals surface area (Å²) in [7, 11) is 0. The Hall–Kier alpha value is -1.50. The molecule has 0 aliphatic heterocycles. The second kappa shape index (κ2) is 5.12. The van der Waals surface area contributed by atoms with Crippen molar-refractivity contribution < 1.29 is 4.79 Å². The monoisotopic (exact) mass is 323 g/mol. The number of hydrogen-bond donors (Lipinski definition) is 2. The van der Waals surface area contributed by atoms with Gasteiger partial charge in [-0.25, -0.2) is 4.98 Å². The highest BCUT2D eigenvalue weighted by Gasteiger charge is 2.19. The predicted molar refractivity (Wildman–Crippen MR) is 82.8 cm³/mol. The fourth-order valence-corrected chi connectivity index (χ4v) is 4.09. The van der Waals surface area contributed by atoms with Crippen molar-refractivity contribution in [2.45, 2.75) is 16.7 Å². The number of nitrogens with two attached hydrogens (primary N) is 1. The van der Waals surface area contributed by atoms with Crippen LogP contribution < -0.4 is 5.73 Å². The SMILES string of the molecule is Cc1nc2c(Sc3cccc(Cl)c3)c(C(N)=O)[nH]c2s1. The molecule has 1 amide bonds. The number of amides is 1. The van der Waals surface area contributed by atoms with Crippen molar-refractivity contribution >= 4 is 51.0 Å². The van der Waals surface area contributed by atoms with Gasteiger partial charge in [0, 0.05) is 9.92 Å². The molecule has 0 saturated heterocycles. The van der Waals surface area contributed by atoms with Crippen LogP contribution in [0.1, 0.15) is 15.5 Å². The molecule has 0 atom stereocenters. The van der Waals surface area contributed by atoms with Crippen molar-refractivity contribution in [1.29, 1.82) is 0 Å². The molecule has 3 N–H and O–H groups in total. The molecule has 0 fully saturated rings. The zero-order valence-electron chi connectivity index (χ0n) is 10.4. The van der Waals surface area contributed by atoms with Crippen molar-refractivity contribution in [3.05, 3.63) is 40.0 Å². The van der Waals surface area contributed by atoms with E-state index in [0.29, 0.717) is 10.7 Å². The highest BCUT2D eigenvalue weighted by atomic mass is 35.5. The first-order valence-corrected chi connectivity index (χ1v) is 7.78. The number of nitrogens with zero attached hydrogens (tertiary/aromatic N) is 1. The third kappa shape index (κ3) is 2.42. The number of aryl methyl sites for hydroxylation is 1. The zero-order valence-corrected chi connectivity index (χ0v) is 12.8. The number of hydrogen-bond acceptors (Lipinski definition) is 4. The second-order valence-electron chi connectivity index (χ2n) is 4.16. The third-order valence-corrected chi connectivity index (χ3v) is 4.89. The number of rotatable bonds is 3. The number of H-pyrrole nitrogens is 1. The van der Waals surface area contributed by atoms with Crippen LogP contribution in [0.25, 0.3) is 10.3 Å². The summed E-state index contributed by atoms with van der Waals surface area (Å²) in [6, 6.07) is 7.44. The molecule has 0 spiro atoms. The Morgan fingerprint density at radius 1 is 1.50 bits per heavy atom. The van der Waals surface area contributed by atoms with Gasteiger partial charge in [0.2, 0.25) is 0 Å². The molecule has 20 heavy (non-hydrogen) atoms. The summed E-state index contributed by atoms with van der Waals surface area (Å²) in [5.74, 6) is -0.489. The topological polar surface area (TPSA) is 71.8 Å². The van der Waals surface area contributed by atoms with Crippen LogP contribution >= 0.6 is 34.7 Å². The van der Waals surface area contributed by atoms with Crippen LogP contribution in [0.3, 0.4) is 0 Å². The smallest absolute Gasteiger partial charge is 0.266 e. The number of primary amides is 1. The number of carbonyl (C=O) groups excluding carboxylic acids is 1. The highest BCUT2D eigenvalue weighted by Crippen LogP contribution is 2.38. The minimum Gasteiger partial charge on any atom is -0.364 e. The maximum Gasteiger partial charge on any atom is 0.266 e. The van der Waals surface area contributed by atoms with Crippen LogP contribution in [-0.2, 0) is 0 Å². The Morgan fingerprint density at radius 2 is 2.30 bits per heavy atom. The van der Waals surface area contributed by atoms with Crippen LogP contribution in [0.2, 0.25) is 5.02 Å². The Kier molecular flexibility index (Phi) is 3.45. The minimum atomic E-state index is -0.489. The average molecular weight is 324 g/mol. The van der Waals surface area contributed by atoms with Gasteiger partial charge in [-0.3, -0.25) is 4.79 Å². The second-order valence-corrected chi connectivity index (χ2v) is 6.89. The maximum absolute atomic E-state index is 11.6. The molecule has 2 heterocycles. The summed E-state index contributed by atoms with van der Waals surface area (Å²) in [4.78, 5) is 21.6. The first kappa shape index (κ1) is 13.5. The summed E-state index contributed by atoms with van der Waals surface area (Å²) < 4.78 is 0. The molecule has 0 aliphatic rings. The highest BCUT2D eigenvalue weighted by molar-refractivity contribution is 7.99. The molecule has 0 aliphatic carbocycles. The molecule has 4 nitrogen and oxygen atoms in total.